The van der Waals surface area contributed by atoms with E-state index in [0.717, 1.165) is 69.4 Å². The molecule has 1 saturated carbocycles. The molecular formula is C28H43F3N2O. The summed E-state index contributed by atoms with van der Waals surface area (Å²) in [6.07, 6.45) is 11.2. The van der Waals surface area contributed by atoms with E-state index in [9.17, 15) is 18.3 Å². The fourth-order valence-electron chi connectivity index (χ4n) is 4.26. The summed E-state index contributed by atoms with van der Waals surface area (Å²) in [6, 6.07) is 5.11. The lowest BCUT2D eigenvalue weighted by atomic mass is 9.78. The third kappa shape index (κ3) is 9.63. The van der Waals surface area contributed by atoms with Crippen LogP contribution in [0.15, 0.2) is 47.5 Å². The number of aliphatic hydroxyl groups is 1. The van der Waals surface area contributed by atoms with Gasteiger partial charge < -0.3 is 15.7 Å². The molecule has 1 aliphatic rings. The molecule has 0 heterocycles. The minimum absolute atomic E-state index is 0.0838. The van der Waals surface area contributed by atoms with Crippen LogP contribution in [-0.2, 0) is 6.18 Å². The Bertz CT molecular complexity index is 789. The average Bonchev–Trinajstić information content (AvgIpc) is 2.73. The first-order valence-electron chi connectivity index (χ1n) is 12.9. The average molecular weight is 481 g/mol. The number of aliphatic hydroxyl groups excluding tert-OH is 1. The predicted octanol–water partition coefficient (Wildman–Crippen LogP) is 9.10. The van der Waals surface area contributed by atoms with Crippen LogP contribution in [0.25, 0.3) is 0 Å². The van der Waals surface area contributed by atoms with E-state index in [-0.39, 0.29) is 5.41 Å². The molecule has 0 atom stereocenters. The number of benzene rings is 1. The number of allylic oxidation sites excluding steroid dienone is 3. The van der Waals surface area contributed by atoms with Crippen LogP contribution in [0.1, 0.15) is 103 Å². The lowest BCUT2D eigenvalue weighted by Gasteiger charge is -2.30. The summed E-state index contributed by atoms with van der Waals surface area (Å²) >= 11 is 0. The molecule has 0 spiro atoms. The lowest BCUT2D eigenvalue weighted by Crippen LogP contribution is -2.21. The van der Waals surface area contributed by atoms with Crippen LogP contribution in [0, 0.1) is 5.41 Å². The van der Waals surface area contributed by atoms with E-state index in [4.69, 9.17) is 0 Å². The Balaban J connectivity index is 1.56. The fraction of sp³-hybridized carbons (Fsp3) is 0.643. The van der Waals surface area contributed by atoms with Gasteiger partial charge in [0.15, 0.2) is 0 Å². The van der Waals surface area contributed by atoms with Crippen LogP contribution in [0.2, 0.25) is 0 Å². The van der Waals surface area contributed by atoms with Crippen molar-refractivity contribution in [3.05, 3.63) is 53.1 Å². The van der Waals surface area contributed by atoms with Crippen molar-refractivity contribution in [2.24, 2.45) is 5.41 Å². The van der Waals surface area contributed by atoms with E-state index in [2.05, 4.69) is 24.5 Å². The summed E-state index contributed by atoms with van der Waals surface area (Å²) in [5.41, 5.74) is 1.19. The summed E-state index contributed by atoms with van der Waals surface area (Å²) in [5, 5.41) is 17.0. The van der Waals surface area contributed by atoms with E-state index in [1.54, 1.807) is 0 Å². The monoisotopic (exact) mass is 480 g/mol. The number of hydrogen-bond acceptors (Lipinski definition) is 3. The summed E-state index contributed by atoms with van der Waals surface area (Å²) in [6.45, 7) is 7.19. The first kappa shape index (κ1) is 28.1. The Hall–Kier alpha value is -2.11. The van der Waals surface area contributed by atoms with E-state index < -0.39 is 11.7 Å². The van der Waals surface area contributed by atoms with Gasteiger partial charge in [0.2, 0.25) is 0 Å². The molecule has 0 radical (unpaired) electrons. The largest absolute Gasteiger partial charge is 0.512 e. The molecule has 0 saturated heterocycles. The Kier molecular flexibility index (Phi) is 11.3. The third-order valence-corrected chi connectivity index (χ3v) is 6.63. The molecule has 34 heavy (non-hydrogen) atoms. The molecule has 0 aliphatic heterocycles. The Morgan fingerprint density at radius 1 is 0.941 bits per heavy atom. The highest BCUT2D eigenvalue weighted by molar-refractivity contribution is 5.49. The summed E-state index contributed by atoms with van der Waals surface area (Å²) < 4.78 is 38.2. The van der Waals surface area contributed by atoms with Gasteiger partial charge >= 0.3 is 6.18 Å². The first-order valence-corrected chi connectivity index (χ1v) is 12.9. The number of alkyl halides is 3. The molecule has 1 aromatic carbocycles. The van der Waals surface area contributed by atoms with Gasteiger partial charge in [-0.25, -0.2) is 0 Å². The molecule has 1 aliphatic carbocycles. The van der Waals surface area contributed by atoms with Gasteiger partial charge in [0.05, 0.1) is 17.1 Å². The minimum atomic E-state index is -4.31. The van der Waals surface area contributed by atoms with E-state index >= 15 is 0 Å². The maximum Gasteiger partial charge on any atom is 0.416 e. The number of hydrogen-bond donors (Lipinski definition) is 3. The molecule has 0 bridgehead atoms. The van der Waals surface area contributed by atoms with Gasteiger partial charge in [-0.1, -0.05) is 59.3 Å². The van der Waals surface area contributed by atoms with Gasteiger partial charge in [-0.3, -0.25) is 0 Å². The van der Waals surface area contributed by atoms with Crippen LogP contribution in [0.3, 0.4) is 0 Å². The summed E-state index contributed by atoms with van der Waals surface area (Å²) in [4.78, 5) is 0. The van der Waals surface area contributed by atoms with Gasteiger partial charge in [0, 0.05) is 17.6 Å². The number of halogens is 3. The number of anilines is 1. The summed E-state index contributed by atoms with van der Waals surface area (Å²) in [5.74, 6) is 1.49. The van der Waals surface area contributed by atoms with Gasteiger partial charge in [-0.2, -0.15) is 13.2 Å². The molecule has 3 nitrogen and oxygen atoms in total. The second-order valence-electron chi connectivity index (χ2n) is 10.1. The SMILES string of the molecule is CC/C=C(/NCCCCCCCCCC(C)(C)C(O)=C1CCC1)Nc1ccc(C(F)(F)F)cc1. The molecule has 3 N–H and O–H groups in total. The van der Waals surface area contributed by atoms with Crippen LogP contribution in [0.5, 0.6) is 0 Å². The number of rotatable bonds is 15. The predicted molar refractivity (Wildman–Crippen MR) is 136 cm³/mol. The van der Waals surface area contributed by atoms with Crippen molar-refractivity contribution < 1.29 is 18.3 Å². The smallest absolute Gasteiger partial charge is 0.416 e. The standard InChI is InChI=1S/C28H43F3N2O/c1-4-13-25(33-24-18-16-23(17-19-24)28(29,30)31)32-21-11-9-7-5-6-8-10-20-27(2,3)26(34)22-14-12-15-22/h13,16-19,32-34H,4-12,14-15,20-21H2,1-3H3/b25-13-. The van der Waals surface area contributed by atoms with Crippen LogP contribution < -0.4 is 10.6 Å². The number of nitrogens with one attached hydrogen (secondary N) is 2. The van der Waals surface area contributed by atoms with Crippen molar-refractivity contribution in [1.29, 1.82) is 0 Å². The second kappa shape index (κ2) is 13.7. The normalized spacial score (nSPS) is 14.6. The molecule has 1 aromatic rings. The Morgan fingerprint density at radius 2 is 1.53 bits per heavy atom. The molecule has 2 rings (SSSR count). The lowest BCUT2D eigenvalue weighted by molar-refractivity contribution is -0.137. The molecule has 1 fully saturated rings. The Morgan fingerprint density at radius 3 is 2.06 bits per heavy atom. The van der Waals surface area contributed by atoms with Crippen molar-refractivity contribution in [2.75, 3.05) is 11.9 Å². The zero-order valence-corrected chi connectivity index (χ0v) is 21.2. The highest BCUT2D eigenvalue weighted by Gasteiger charge is 2.30. The van der Waals surface area contributed by atoms with Gasteiger partial charge in [0.1, 0.15) is 0 Å². The minimum Gasteiger partial charge on any atom is -0.512 e. The highest BCUT2D eigenvalue weighted by atomic mass is 19.4. The molecule has 0 unspecified atom stereocenters. The zero-order valence-electron chi connectivity index (χ0n) is 21.2. The molecule has 0 aromatic heterocycles. The van der Waals surface area contributed by atoms with Gasteiger partial charge in [-0.15, -0.1) is 0 Å². The maximum atomic E-state index is 12.7. The van der Waals surface area contributed by atoms with Crippen LogP contribution in [0.4, 0.5) is 18.9 Å². The highest BCUT2D eigenvalue weighted by Crippen LogP contribution is 2.39. The molecular weight excluding hydrogens is 437 g/mol. The van der Waals surface area contributed by atoms with Crippen molar-refractivity contribution >= 4 is 5.69 Å². The zero-order chi connectivity index (χ0) is 25.0. The molecule has 0 amide bonds. The first-order chi connectivity index (χ1) is 16.1. The second-order valence-corrected chi connectivity index (χ2v) is 10.1. The quantitative estimate of drug-likeness (QED) is 0.173. The maximum absolute atomic E-state index is 12.7. The van der Waals surface area contributed by atoms with Crippen LogP contribution in [-0.4, -0.2) is 11.7 Å². The summed E-state index contributed by atoms with van der Waals surface area (Å²) in [7, 11) is 0. The fourth-order valence-corrected chi connectivity index (χ4v) is 4.26. The van der Waals surface area contributed by atoms with E-state index in [0.29, 0.717) is 11.4 Å². The van der Waals surface area contributed by atoms with Crippen molar-refractivity contribution in [2.45, 2.75) is 104 Å². The number of unbranched alkanes of at least 4 members (excludes halogenated alkanes) is 6. The van der Waals surface area contributed by atoms with Gasteiger partial charge in [-0.05, 0) is 74.4 Å². The Labute approximate surface area is 203 Å². The van der Waals surface area contributed by atoms with Crippen molar-refractivity contribution in [3.63, 3.8) is 0 Å². The third-order valence-electron chi connectivity index (χ3n) is 6.63. The van der Waals surface area contributed by atoms with Crippen molar-refractivity contribution in [3.8, 4) is 0 Å². The van der Waals surface area contributed by atoms with Gasteiger partial charge in [0.25, 0.3) is 0 Å². The van der Waals surface area contributed by atoms with E-state index in [1.807, 2.05) is 13.0 Å². The van der Waals surface area contributed by atoms with E-state index in [1.165, 1.54) is 49.8 Å². The molecule has 6 heteroatoms. The van der Waals surface area contributed by atoms with Crippen LogP contribution >= 0.6 is 0 Å². The molecule has 192 valence electrons. The topological polar surface area (TPSA) is 44.3 Å². The van der Waals surface area contributed by atoms with Crippen molar-refractivity contribution in [1.82, 2.24) is 5.32 Å².